The summed E-state index contributed by atoms with van der Waals surface area (Å²) in [6, 6.07) is 0. The monoisotopic (exact) mass is 225 g/mol. The Morgan fingerprint density at radius 3 is 2.50 bits per heavy atom. The second-order valence-corrected chi connectivity index (χ2v) is 5.58. The molecule has 0 spiro atoms. The van der Waals surface area contributed by atoms with Gasteiger partial charge in [-0.05, 0) is 51.4 Å². The summed E-state index contributed by atoms with van der Waals surface area (Å²) < 4.78 is 0. The first-order valence-corrected chi connectivity index (χ1v) is 6.95. The molecule has 0 bridgehead atoms. The van der Waals surface area contributed by atoms with E-state index in [2.05, 4.69) is 17.1 Å². The van der Waals surface area contributed by atoms with Gasteiger partial charge >= 0.3 is 0 Å². The number of nitrogens with zero attached hydrogens (tertiary/aromatic N) is 1. The third kappa shape index (κ3) is 3.19. The number of likely N-dealkylation sites (tertiary alicyclic amines) is 1. The smallest absolute Gasteiger partial charge is 0.0328 e. The lowest BCUT2D eigenvalue weighted by molar-refractivity contribution is 0.144. The highest BCUT2D eigenvalue weighted by Crippen LogP contribution is 2.32. The minimum atomic E-state index is 0.251. The Kier molecular flexibility index (Phi) is 4.22. The largest absolute Gasteiger partial charge is 0.329 e. The van der Waals surface area contributed by atoms with E-state index in [-0.39, 0.29) is 5.54 Å². The highest BCUT2D eigenvalue weighted by molar-refractivity contribution is 4.94. The number of hydrogen-bond acceptors (Lipinski definition) is 3. The summed E-state index contributed by atoms with van der Waals surface area (Å²) in [5.74, 6) is 1.03. The van der Waals surface area contributed by atoms with Crippen molar-refractivity contribution in [3.63, 3.8) is 0 Å². The van der Waals surface area contributed by atoms with E-state index >= 15 is 0 Å². The molecule has 0 aromatic heterocycles. The Balaban J connectivity index is 1.73. The molecule has 3 nitrogen and oxygen atoms in total. The van der Waals surface area contributed by atoms with Crippen LogP contribution < -0.4 is 11.1 Å². The van der Waals surface area contributed by atoms with Crippen LogP contribution in [0.5, 0.6) is 0 Å². The molecule has 94 valence electrons. The summed E-state index contributed by atoms with van der Waals surface area (Å²) >= 11 is 0. The van der Waals surface area contributed by atoms with Crippen LogP contribution in [0.2, 0.25) is 0 Å². The molecule has 0 aromatic rings. The molecule has 16 heavy (non-hydrogen) atoms. The summed E-state index contributed by atoms with van der Waals surface area (Å²) in [6.07, 6.45) is 6.73. The first-order chi connectivity index (χ1) is 7.78. The van der Waals surface area contributed by atoms with Gasteiger partial charge in [-0.2, -0.15) is 0 Å². The second-order valence-electron chi connectivity index (χ2n) is 5.58. The fraction of sp³-hybridized carbons (Fsp3) is 1.00. The van der Waals surface area contributed by atoms with E-state index in [4.69, 9.17) is 5.73 Å². The van der Waals surface area contributed by atoms with Crippen molar-refractivity contribution in [1.82, 2.24) is 10.2 Å². The molecule has 1 saturated heterocycles. The average molecular weight is 225 g/mol. The Morgan fingerprint density at radius 1 is 1.31 bits per heavy atom. The Hall–Kier alpha value is -0.120. The third-order valence-electron chi connectivity index (χ3n) is 4.40. The van der Waals surface area contributed by atoms with Crippen LogP contribution in [0.25, 0.3) is 0 Å². The molecule has 0 unspecified atom stereocenters. The molecule has 2 fully saturated rings. The summed E-state index contributed by atoms with van der Waals surface area (Å²) in [7, 11) is 0. The molecule has 1 saturated carbocycles. The SMILES string of the molecule is CCN1CCC(CN)(NCCC2CC2)CC1. The van der Waals surface area contributed by atoms with Crippen molar-refractivity contribution in [1.29, 1.82) is 0 Å². The number of hydrogen-bond donors (Lipinski definition) is 2. The molecule has 3 heteroatoms. The van der Waals surface area contributed by atoms with Crippen molar-refractivity contribution in [2.45, 2.75) is 44.6 Å². The van der Waals surface area contributed by atoms with Crippen LogP contribution in [-0.4, -0.2) is 43.2 Å². The average Bonchev–Trinajstić information content (AvgIpc) is 3.14. The lowest BCUT2D eigenvalue weighted by Gasteiger charge is -2.41. The second kappa shape index (κ2) is 5.48. The van der Waals surface area contributed by atoms with Crippen LogP contribution in [0.15, 0.2) is 0 Å². The predicted molar refractivity (Wildman–Crippen MR) is 68.5 cm³/mol. The van der Waals surface area contributed by atoms with Crippen LogP contribution in [0.1, 0.15) is 39.0 Å². The summed E-state index contributed by atoms with van der Waals surface area (Å²) in [5, 5.41) is 3.75. The maximum atomic E-state index is 5.98. The highest BCUT2D eigenvalue weighted by atomic mass is 15.2. The quantitative estimate of drug-likeness (QED) is 0.713. The van der Waals surface area contributed by atoms with E-state index in [9.17, 15) is 0 Å². The van der Waals surface area contributed by atoms with Gasteiger partial charge in [0, 0.05) is 12.1 Å². The van der Waals surface area contributed by atoms with E-state index in [1.807, 2.05) is 0 Å². The van der Waals surface area contributed by atoms with E-state index in [0.29, 0.717) is 0 Å². The van der Waals surface area contributed by atoms with Gasteiger partial charge in [-0.1, -0.05) is 19.8 Å². The Labute approximate surface area is 99.8 Å². The van der Waals surface area contributed by atoms with Crippen molar-refractivity contribution in [3.8, 4) is 0 Å². The molecular formula is C13H27N3. The maximum absolute atomic E-state index is 5.98. The minimum Gasteiger partial charge on any atom is -0.329 e. The fourth-order valence-electron chi connectivity index (χ4n) is 2.70. The number of piperidine rings is 1. The lowest BCUT2D eigenvalue weighted by Crippen LogP contribution is -2.57. The van der Waals surface area contributed by atoms with Crippen LogP contribution in [0.4, 0.5) is 0 Å². The molecule has 0 radical (unpaired) electrons. The molecule has 1 aliphatic carbocycles. The number of nitrogens with two attached hydrogens (primary N) is 1. The van der Waals surface area contributed by atoms with Crippen molar-refractivity contribution in [2.75, 3.05) is 32.7 Å². The molecule has 2 rings (SSSR count). The lowest BCUT2D eigenvalue weighted by atomic mass is 9.87. The van der Waals surface area contributed by atoms with Gasteiger partial charge in [-0.25, -0.2) is 0 Å². The van der Waals surface area contributed by atoms with Gasteiger partial charge < -0.3 is 16.0 Å². The van der Waals surface area contributed by atoms with Crippen molar-refractivity contribution in [3.05, 3.63) is 0 Å². The number of nitrogens with one attached hydrogen (secondary N) is 1. The van der Waals surface area contributed by atoms with Crippen LogP contribution in [0, 0.1) is 5.92 Å². The topological polar surface area (TPSA) is 41.3 Å². The molecule has 0 aromatic carbocycles. The van der Waals surface area contributed by atoms with Gasteiger partial charge in [0.05, 0.1) is 0 Å². The van der Waals surface area contributed by atoms with Crippen molar-refractivity contribution < 1.29 is 0 Å². The zero-order valence-corrected chi connectivity index (χ0v) is 10.7. The molecule has 1 aliphatic heterocycles. The van der Waals surface area contributed by atoms with Gasteiger partial charge in [0.2, 0.25) is 0 Å². The standard InChI is InChI=1S/C13H27N3/c1-2-16-9-6-13(11-14,7-10-16)15-8-5-12-3-4-12/h12,15H,2-11,14H2,1H3. The summed E-state index contributed by atoms with van der Waals surface area (Å²) in [5.41, 5.74) is 6.23. The Bertz CT molecular complexity index is 205. The Morgan fingerprint density at radius 2 is 2.00 bits per heavy atom. The first kappa shape index (κ1) is 12.3. The predicted octanol–water partition coefficient (Wildman–Crippen LogP) is 1.19. The van der Waals surface area contributed by atoms with Gasteiger partial charge in [-0.3, -0.25) is 0 Å². The molecule has 0 amide bonds. The minimum absolute atomic E-state index is 0.251. The van der Waals surface area contributed by atoms with Gasteiger partial charge in [0.15, 0.2) is 0 Å². The zero-order chi connectivity index (χ0) is 11.4. The van der Waals surface area contributed by atoms with E-state index in [1.165, 1.54) is 58.3 Å². The van der Waals surface area contributed by atoms with Crippen LogP contribution >= 0.6 is 0 Å². The first-order valence-electron chi connectivity index (χ1n) is 6.95. The zero-order valence-electron chi connectivity index (χ0n) is 10.7. The van der Waals surface area contributed by atoms with Crippen molar-refractivity contribution in [2.24, 2.45) is 11.7 Å². The van der Waals surface area contributed by atoms with Crippen LogP contribution in [-0.2, 0) is 0 Å². The molecule has 0 atom stereocenters. The van der Waals surface area contributed by atoms with Gasteiger partial charge in [0.25, 0.3) is 0 Å². The summed E-state index contributed by atoms with van der Waals surface area (Å²) in [4.78, 5) is 2.52. The number of rotatable bonds is 6. The molecule has 1 heterocycles. The third-order valence-corrected chi connectivity index (χ3v) is 4.40. The summed E-state index contributed by atoms with van der Waals surface area (Å²) in [6.45, 7) is 7.83. The van der Waals surface area contributed by atoms with Crippen LogP contribution in [0.3, 0.4) is 0 Å². The molecule has 2 aliphatic rings. The molecular weight excluding hydrogens is 198 g/mol. The normalized spacial score (nSPS) is 25.9. The molecule has 3 N–H and O–H groups in total. The van der Waals surface area contributed by atoms with E-state index in [1.54, 1.807) is 0 Å². The maximum Gasteiger partial charge on any atom is 0.0328 e. The van der Waals surface area contributed by atoms with E-state index < -0.39 is 0 Å². The highest BCUT2D eigenvalue weighted by Gasteiger charge is 2.32. The van der Waals surface area contributed by atoms with Gasteiger partial charge in [-0.15, -0.1) is 0 Å². The van der Waals surface area contributed by atoms with Crippen molar-refractivity contribution >= 4 is 0 Å². The van der Waals surface area contributed by atoms with E-state index in [0.717, 1.165) is 12.5 Å². The van der Waals surface area contributed by atoms with Gasteiger partial charge in [0.1, 0.15) is 0 Å². The fourth-order valence-corrected chi connectivity index (χ4v) is 2.70.